The van der Waals surface area contributed by atoms with Crippen LogP contribution in [0, 0.1) is 6.92 Å². The minimum atomic E-state index is -3.69. The molecule has 0 spiro atoms. The predicted octanol–water partition coefficient (Wildman–Crippen LogP) is 0.945. The van der Waals surface area contributed by atoms with Crippen LogP contribution in [0.1, 0.15) is 22.3 Å². The number of hydrogen-bond acceptors (Lipinski definition) is 4. The number of carbonyl (C=O) groups excluding carboxylic acids is 1. The van der Waals surface area contributed by atoms with Crippen molar-refractivity contribution in [3.05, 3.63) is 29.3 Å². The molecule has 20 heavy (non-hydrogen) atoms. The third-order valence-electron chi connectivity index (χ3n) is 2.85. The average Bonchev–Trinajstić information content (AvgIpc) is 2.35. The third kappa shape index (κ3) is 3.80. The summed E-state index contributed by atoms with van der Waals surface area (Å²) in [6.07, 6.45) is -0.133. The molecule has 1 rings (SSSR count). The Balaban J connectivity index is 3.06. The predicted molar refractivity (Wildman–Crippen MR) is 73.5 cm³/mol. The highest BCUT2D eigenvalue weighted by molar-refractivity contribution is 7.91. The summed E-state index contributed by atoms with van der Waals surface area (Å²) in [5, 5.41) is 8.90. The molecule has 0 atom stereocenters. The van der Waals surface area contributed by atoms with Crippen LogP contribution in [0.2, 0.25) is 0 Å². The van der Waals surface area contributed by atoms with Gasteiger partial charge in [0.25, 0.3) is 0 Å². The second-order valence-electron chi connectivity index (χ2n) is 4.64. The van der Waals surface area contributed by atoms with Gasteiger partial charge in [0.2, 0.25) is 5.91 Å². The van der Waals surface area contributed by atoms with Crippen molar-refractivity contribution in [2.45, 2.75) is 18.2 Å². The first-order valence-corrected chi connectivity index (χ1v) is 7.57. The zero-order valence-corrected chi connectivity index (χ0v) is 12.4. The Labute approximate surface area is 117 Å². The van der Waals surface area contributed by atoms with Gasteiger partial charge in [-0.1, -0.05) is 6.07 Å². The van der Waals surface area contributed by atoms with Crippen LogP contribution in [-0.4, -0.2) is 50.1 Å². The van der Waals surface area contributed by atoms with Crippen LogP contribution in [0.15, 0.2) is 23.1 Å². The van der Waals surface area contributed by atoms with E-state index in [0.29, 0.717) is 5.56 Å². The molecule has 0 unspecified atom stereocenters. The van der Waals surface area contributed by atoms with Crippen molar-refractivity contribution in [1.29, 1.82) is 0 Å². The van der Waals surface area contributed by atoms with Crippen LogP contribution in [0.3, 0.4) is 0 Å². The summed E-state index contributed by atoms with van der Waals surface area (Å²) in [6, 6.07) is 3.93. The summed E-state index contributed by atoms with van der Waals surface area (Å²) in [4.78, 5) is 23.6. The van der Waals surface area contributed by atoms with Crippen LogP contribution in [0.25, 0.3) is 0 Å². The molecule has 0 fully saturated rings. The molecule has 6 nitrogen and oxygen atoms in total. The largest absolute Gasteiger partial charge is 0.478 e. The van der Waals surface area contributed by atoms with Gasteiger partial charge in [0.15, 0.2) is 9.84 Å². The third-order valence-corrected chi connectivity index (χ3v) is 4.71. The topological polar surface area (TPSA) is 91.7 Å². The number of rotatable bonds is 5. The highest BCUT2D eigenvalue weighted by atomic mass is 32.2. The van der Waals surface area contributed by atoms with Gasteiger partial charge in [-0.15, -0.1) is 0 Å². The zero-order valence-electron chi connectivity index (χ0n) is 11.6. The minimum Gasteiger partial charge on any atom is -0.478 e. The van der Waals surface area contributed by atoms with Gasteiger partial charge in [-0.2, -0.15) is 0 Å². The van der Waals surface area contributed by atoms with Crippen molar-refractivity contribution >= 4 is 21.7 Å². The van der Waals surface area contributed by atoms with Crippen molar-refractivity contribution in [2.75, 3.05) is 19.8 Å². The average molecular weight is 299 g/mol. The summed E-state index contributed by atoms with van der Waals surface area (Å²) in [6.45, 7) is 1.59. The lowest BCUT2D eigenvalue weighted by Gasteiger charge is -2.11. The van der Waals surface area contributed by atoms with E-state index in [-0.39, 0.29) is 28.5 Å². The van der Waals surface area contributed by atoms with Crippen molar-refractivity contribution < 1.29 is 23.1 Å². The van der Waals surface area contributed by atoms with Crippen molar-refractivity contribution in [1.82, 2.24) is 4.90 Å². The molecule has 0 heterocycles. The van der Waals surface area contributed by atoms with E-state index in [1.54, 1.807) is 21.0 Å². The SMILES string of the molecule is Cc1ccc(C(=O)O)cc1S(=O)(=O)CCC(=O)N(C)C. The van der Waals surface area contributed by atoms with Gasteiger partial charge in [-0.25, -0.2) is 13.2 Å². The van der Waals surface area contributed by atoms with E-state index < -0.39 is 15.8 Å². The van der Waals surface area contributed by atoms with Gasteiger partial charge in [-0.05, 0) is 24.6 Å². The second-order valence-corrected chi connectivity index (χ2v) is 6.72. The van der Waals surface area contributed by atoms with Gasteiger partial charge in [0, 0.05) is 20.5 Å². The first kappa shape index (κ1) is 16.2. The molecule has 110 valence electrons. The lowest BCUT2D eigenvalue weighted by Crippen LogP contribution is -2.24. The fraction of sp³-hybridized carbons (Fsp3) is 0.385. The smallest absolute Gasteiger partial charge is 0.335 e. The molecule has 1 aromatic carbocycles. The Hall–Kier alpha value is -1.89. The monoisotopic (exact) mass is 299 g/mol. The van der Waals surface area contributed by atoms with Gasteiger partial charge >= 0.3 is 5.97 Å². The highest BCUT2D eigenvalue weighted by Crippen LogP contribution is 2.19. The number of carboxylic acids is 1. The van der Waals surface area contributed by atoms with Crippen LogP contribution in [-0.2, 0) is 14.6 Å². The number of aromatic carboxylic acids is 1. The number of amides is 1. The number of aryl methyl sites for hydroxylation is 1. The van der Waals surface area contributed by atoms with E-state index >= 15 is 0 Å². The van der Waals surface area contributed by atoms with Crippen LogP contribution >= 0.6 is 0 Å². The summed E-state index contributed by atoms with van der Waals surface area (Å²) in [7, 11) is -0.593. The molecule has 0 aliphatic rings. The van der Waals surface area contributed by atoms with Gasteiger partial charge < -0.3 is 10.0 Å². The Morgan fingerprint density at radius 2 is 1.85 bits per heavy atom. The Morgan fingerprint density at radius 3 is 2.35 bits per heavy atom. The zero-order chi connectivity index (χ0) is 15.5. The molecule has 0 saturated carbocycles. The molecule has 0 bridgehead atoms. The number of carboxylic acid groups (broad SMARTS) is 1. The van der Waals surface area contributed by atoms with Crippen molar-refractivity contribution in [3.8, 4) is 0 Å². The summed E-state index contributed by atoms with van der Waals surface area (Å²) >= 11 is 0. The molecule has 1 amide bonds. The van der Waals surface area contributed by atoms with Crippen molar-refractivity contribution in [2.24, 2.45) is 0 Å². The van der Waals surface area contributed by atoms with Gasteiger partial charge in [-0.3, -0.25) is 4.79 Å². The van der Waals surface area contributed by atoms with E-state index in [1.165, 1.54) is 17.0 Å². The maximum Gasteiger partial charge on any atom is 0.335 e. The number of sulfone groups is 1. The molecule has 0 aromatic heterocycles. The number of hydrogen-bond donors (Lipinski definition) is 1. The normalized spacial score (nSPS) is 11.2. The first-order valence-electron chi connectivity index (χ1n) is 5.92. The minimum absolute atomic E-state index is 0.0380. The molecule has 0 aliphatic carbocycles. The molecule has 7 heteroatoms. The summed E-state index contributed by atoms with van der Waals surface area (Å²) in [5.41, 5.74) is 0.375. The molecular formula is C13H17NO5S. The number of carbonyl (C=O) groups is 2. The van der Waals surface area contributed by atoms with E-state index in [2.05, 4.69) is 0 Å². The Kier molecular flexibility index (Phi) is 4.88. The molecule has 1 N–H and O–H groups in total. The van der Waals surface area contributed by atoms with Gasteiger partial charge in [0.1, 0.15) is 0 Å². The fourth-order valence-electron chi connectivity index (χ4n) is 1.62. The Morgan fingerprint density at radius 1 is 1.25 bits per heavy atom. The highest BCUT2D eigenvalue weighted by Gasteiger charge is 2.20. The maximum atomic E-state index is 12.2. The van der Waals surface area contributed by atoms with Crippen molar-refractivity contribution in [3.63, 3.8) is 0 Å². The van der Waals surface area contributed by atoms with E-state index in [9.17, 15) is 18.0 Å². The van der Waals surface area contributed by atoms with Crippen LogP contribution < -0.4 is 0 Å². The first-order chi connectivity index (χ1) is 9.15. The molecule has 1 aromatic rings. The van der Waals surface area contributed by atoms with E-state index in [0.717, 1.165) is 6.07 Å². The quantitative estimate of drug-likeness (QED) is 0.873. The van der Waals surface area contributed by atoms with Crippen LogP contribution in [0.4, 0.5) is 0 Å². The van der Waals surface area contributed by atoms with E-state index in [4.69, 9.17) is 5.11 Å². The fourth-order valence-corrected chi connectivity index (χ4v) is 3.15. The summed E-state index contributed by atoms with van der Waals surface area (Å²) in [5.74, 6) is -1.82. The Bertz CT molecular complexity index is 634. The number of benzene rings is 1. The lowest BCUT2D eigenvalue weighted by molar-refractivity contribution is -0.128. The standard InChI is InChI=1S/C13H17NO5S/c1-9-4-5-10(13(16)17)8-11(9)20(18,19)7-6-12(15)14(2)3/h4-5,8H,6-7H2,1-3H3,(H,16,17). The lowest BCUT2D eigenvalue weighted by atomic mass is 10.1. The summed E-state index contributed by atoms with van der Waals surface area (Å²) < 4.78 is 24.4. The molecular weight excluding hydrogens is 282 g/mol. The van der Waals surface area contributed by atoms with Gasteiger partial charge in [0.05, 0.1) is 16.2 Å². The molecule has 0 radical (unpaired) electrons. The second kappa shape index (κ2) is 6.04. The number of nitrogens with zero attached hydrogens (tertiary/aromatic N) is 1. The molecule has 0 aliphatic heterocycles. The van der Waals surface area contributed by atoms with Crippen LogP contribution in [0.5, 0.6) is 0 Å². The molecule has 0 saturated heterocycles. The van der Waals surface area contributed by atoms with E-state index in [1.807, 2.05) is 0 Å². The maximum absolute atomic E-state index is 12.2.